The smallest absolute Gasteiger partial charge is 0.257 e. The summed E-state index contributed by atoms with van der Waals surface area (Å²) in [4.78, 5) is 26.2. The van der Waals surface area contributed by atoms with Gasteiger partial charge in [0.25, 0.3) is 5.91 Å². The van der Waals surface area contributed by atoms with Crippen molar-refractivity contribution in [2.75, 3.05) is 6.54 Å². The van der Waals surface area contributed by atoms with E-state index >= 15 is 0 Å². The Bertz CT molecular complexity index is 476. The van der Waals surface area contributed by atoms with Crippen molar-refractivity contribution in [2.45, 2.75) is 64.5 Å². The minimum Gasteiger partial charge on any atom is -0.472 e. The lowest BCUT2D eigenvalue weighted by Crippen LogP contribution is -2.41. The topological polar surface area (TPSA) is 62.6 Å². The number of hydrogen-bond donors (Lipinski definition) is 1. The van der Waals surface area contributed by atoms with Crippen molar-refractivity contribution < 1.29 is 14.0 Å². The number of amides is 2. The van der Waals surface area contributed by atoms with Crippen LogP contribution in [0.25, 0.3) is 0 Å². The van der Waals surface area contributed by atoms with E-state index in [2.05, 4.69) is 5.32 Å². The quantitative estimate of drug-likeness (QED) is 0.879. The van der Waals surface area contributed by atoms with E-state index in [0.717, 1.165) is 12.8 Å². The van der Waals surface area contributed by atoms with Crippen LogP contribution in [0.5, 0.6) is 0 Å². The molecular formula is C17H26N2O3. The van der Waals surface area contributed by atoms with Crippen LogP contribution in [-0.2, 0) is 4.79 Å². The molecule has 2 rings (SSSR count). The van der Waals surface area contributed by atoms with Gasteiger partial charge in [0.2, 0.25) is 5.91 Å². The molecule has 1 N–H and O–H groups in total. The van der Waals surface area contributed by atoms with E-state index in [9.17, 15) is 9.59 Å². The molecule has 1 aliphatic carbocycles. The minimum atomic E-state index is -0.0887. The van der Waals surface area contributed by atoms with E-state index in [1.807, 2.05) is 13.8 Å². The molecule has 2 amide bonds. The lowest BCUT2D eigenvalue weighted by atomic mass is 9.95. The van der Waals surface area contributed by atoms with E-state index < -0.39 is 0 Å². The van der Waals surface area contributed by atoms with Gasteiger partial charge in [0.15, 0.2) is 0 Å². The summed E-state index contributed by atoms with van der Waals surface area (Å²) in [5.74, 6) is -0.0493. The summed E-state index contributed by atoms with van der Waals surface area (Å²) < 4.78 is 4.96. The molecule has 0 spiro atoms. The number of nitrogens with one attached hydrogen (secondary N) is 1. The Morgan fingerprint density at radius 1 is 1.32 bits per heavy atom. The van der Waals surface area contributed by atoms with E-state index in [-0.39, 0.29) is 17.9 Å². The van der Waals surface area contributed by atoms with Gasteiger partial charge in [-0.2, -0.15) is 0 Å². The number of furan rings is 1. The van der Waals surface area contributed by atoms with E-state index in [1.54, 1.807) is 11.0 Å². The zero-order valence-corrected chi connectivity index (χ0v) is 13.5. The molecule has 122 valence electrons. The van der Waals surface area contributed by atoms with Crippen molar-refractivity contribution in [3.63, 3.8) is 0 Å². The standard InChI is InChI=1S/C17H26N2O3/c1-13(2)19(17(21)14-9-11-22-12-14)10-8-16(20)18-15-6-4-3-5-7-15/h9,11-13,15H,3-8,10H2,1-2H3,(H,18,20). The number of carbonyl (C=O) groups excluding carboxylic acids is 2. The molecule has 1 heterocycles. The maximum absolute atomic E-state index is 12.4. The molecule has 0 radical (unpaired) electrons. The molecule has 5 heteroatoms. The average molecular weight is 306 g/mol. The van der Waals surface area contributed by atoms with Crippen LogP contribution in [-0.4, -0.2) is 35.3 Å². The van der Waals surface area contributed by atoms with Gasteiger partial charge in [-0.25, -0.2) is 0 Å². The Balaban J connectivity index is 1.83. The van der Waals surface area contributed by atoms with Crippen LogP contribution in [0.2, 0.25) is 0 Å². The summed E-state index contributed by atoms with van der Waals surface area (Å²) >= 11 is 0. The summed E-state index contributed by atoms with van der Waals surface area (Å²) in [6.07, 6.45) is 9.09. The third-order valence-electron chi connectivity index (χ3n) is 4.20. The van der Waals surface area contributed by atoms with Gasteiger partial charge in [0, 0.05) is 25.0 Å². The third kappa shape index (κ3) is 4.61. The predicted octanol–water partition coefficient (Wildman–Crippen LogP) is 2.97. The highest BCUT2D eigenvalue weighted by atomic mass is 16.3. The lowest BCUT2D eigenvalue weighted by Gasteiger charge is -2.27. The number of carbonyl (C=O) groups is 2. The molecule has 0 atom stereocenters. The van der Waals surface area contributed by atoms with Crippen LogP contribution in [0.4, 0.5) is 0 Å². The molecule has 0 aliphatic heterocycles. The van der Waals surface area contributed by atoms with E-state index in [0.29, 0.717) is 24.6 Å². The summed E-state index contributed by atoms with van der Waals surface area (Å²) in [6, 6.07) is 2.02. The highest BCUT2D eigenvalue weighted by Crippen LogP contribution is 2.17. The Morgan fingerprint density at radius 2 is 2.05 bits per heavy atom. The monoisotopic (exact) mass is 306 g/mol. The largest absolute Gasteiger partial charge is 0.472 e. The Kier molecular flexibility index (Phi) is 6.04. The first kappa shape index (κ1) is 16.6. The molecule has 0 saturated heterocycles. The minimum absolute atomic E-state index is 0.0394. The fourth-order valence-electron chi connectivity index (χ4n) is 2.91. The molecule has 0 unspecified atom stereocenters. The van der Waals surface area contributed by atoms with Crippen LogP contribution in [0.1, 0.15) is 62.7 Å². The van der Waals surface area contributed by atoms with Crippen LogP contribution >= 0.6 is 0 Å². The van der Waals surface area contributed by atoms with Gasteiger partial charge >= 0.3 is 0 Å². The summed E-state index contributed by atoms with van der Waals surface area (Å²) in [5, 5.41) is 3.09. The van der Waals surface area contributed by atoms with Crippen LogP contribution in [0, 0.1) is 0 Å². The summed E-state index contributed by atoms with van der Waals surface area (Å²) in [5.41, 5.74) is 0.529. The van der Waals surface area contributed by atoms with Crippen molar-refractivity contribution in [3.05, 3.63) is 24.2 Å². The van der Waals surface area contributed by atoms with E-state index in [1.165, 1.54) is 31.8 Å². The lowest BCUT2D eigenvalue weighted by molar-refractivity contribution is -0.122. The van der Waals surface area contributed by atoms with Gasteiger partial charge in [-0.05, 0) is 32.8 Å². The molecule has 5 nitrogen and oxygen atoms in total. The second-order valence-electron chi connectivity index (χ2n) is 6.26. The molecule has 0 aromatic carbocycles. The van der Waals surface area contributed by atoms with Crippen molar-refractivity contribution in [1.29, 1.82) is 0 Å². The van der Waals surface area contributed by atoms with Gasteiger partial charge in [-0.1, -0.05) is 19.3 Å². The number of rotatable bonds is 6. The molecule has 1 saturated carbocycles. The molecule has 1 aliphatic rings. The molecule has 22 heavy (non-hydrogen) atoms. The van der Waals surface area contributed by atoms with E-state index in [4.69, 9.17) is 4.42 Å². The Labute approximate surface area is 132 Å². The second kappa shape index (κ2) is 8.01. The van der Waals surface area contributed by atoms with Crippen LogP contribution in [0.15, 0.2) is 23.0 Å². The van der Waals surface area contributed by atoms with Gasteiger partial charge in [0.05, 0.1) is 11.8 Å². The van der Waals surface area contributed by atoms with Gasteiger partial charge in [-0.3, -0.25) is 9.59 Å². The molecule has 1 fully saturated rings. The van der Waals surface area contributed by atoms with Crippen molar-refractivity contribution in [3.8, 4) is 0 Å². The fourth-order valence-corrected chi connectivity index (χ4v) is 2.91. The average Bonchev–Trinajstić information content (AvgIpc) is 3.02. The van der Waals surface area contributed by atoms with Crippen molar-refractivity contribution in [2.24, 2.45) is 0 Å². The van der Waals surface area contributed by atoms with Gasteiger partial charge < -0.3 is 14.6 Å². The van der Waals surface area contributed by atoms with Crippen LogP contribution in [0.3, 0.4) is 0 Å². The molecule has 1 aromatic heterocycles. The SMILES string of the molecule is CC(C)N(CCC(=O)NC1CCCCC1)C(=O)c1ccoc1. The number of nitrogens with zero attached hydrogens (tertiary/aromatic N) is 1. The van der Waals surface area contributed by atoms with Gasteiger partial charge in [0.1, 0.15) is 6.26 Å². The number of hydrogen-bond acceptors (Lipinski definition) is 3. The summed E-state index contributed by atoms with van der Waals surface area (Å²) in [7, 11) is 0. The summed E-state index contributed by atoms with van der Waals surface area (Å²) in [6.45, 7) is 4.34. The zero-order valence-electron chi connectivity index (χ0n) is 13.5. The zero-order chi connectivity index (χ0) is 15.9. The van der Waals surface area contributed by atoms with Crippen molar-refractivity contribution in [1.82, 2.24) is 10.2 Å². The maximum Gasteiger partial charge on any atom is 0.257 e. The normalized spacial score (nSPS) is 15.8. The first-order valence-corrected chi connectivity index (χ1v) is 8.20. The van der Waals surface area contributed by atoms with Crippen molar-refractivity contribution >= 4 is 11.8 Å². The second-order valence-corrected chi connectivity index (χ2v) is 6.26. The third-order valence-corrected chi connectivity index (χ3v) is 4.20. The maximum atomic E-state index is 12.4. The fraction of sp³-hybridized carbons (Fsp3) is 0.647. The van der Waals surface area contributed by atoms with Crippen LogP contribution < -0.4 is 5.32 Å². The Hall–Kier alpha value is -1.78. The molecule has 1 aromatic rings. The highest BCUT2D eigenvalue weighted by molar-refractivity contribution is 5.94. The Morgan fingerprint density at radius 3 is 2.64 bits per heavy atom. The first-order chi connectivity index (χ1) is 10.6. The predicted molar refractivity (Wildman–Crippen MR) is 84.5 cm³/mol. The molecular weight excluding hydrogens is 280 g/mol. The molecule has 0 bridgehead atoms. The first-order valence-electron chi connectivity index (χ1n) is 8.20. The van der Waals surface area contributed by atoms with Gasteiger partial charge in [-0.15, -0.1) is 0 Å². The highest BCUT2D eigenvalue weighted by Gasteiger charge is 2.21.